The van der Waals surface area contributed by atoms with Crippen LogP contribution in [0.2, 0.25) is 0 Å². The summed E-state index contributed by atoms with van der Waals surface area (Å²) in [5.74, 6) is 0. The molecule has 1 fully saturated rings. The first-order valence-electron chi connectivity index (χ1n) is 6.16. The van der Waals surface area contributed by atoms with E-state index in [1.165, 1.54) is 0 Å². The van der Waals surface area contributed by atoms with Crippen LogP contribution in [0.25, 0.3) is 0 Å². The Bertz CT molecular complexity index is 307. The van der Waals surface area contributed by atoms with E-state index in [-0.39, 0.29) is 12.2 Å². The summed E-state index contributed by atoms with van der Waals surface area (Å²) in [5, 5.41) is 0. The molecule has 0 aliphatic carbocycles. The van der Waals surface area contributed by atoms with Gasteiger partial charge in [0.2, 0.25) is 0 Å². The molecule has 2 N–H and O–H groups in total. The highest BCUT2D eigenvalue weighted by atomic mass is 32.1. The molecule has 0 radical (unpaired) electrons. The molecule has 1 rings (SSSR count). The smallest absolute Gasteiger partial charge is 0.410 e. The number of nitrogens with two attached hydrogens (primary N) is 1. The van der Waals surface area contributed by atoms with Crippen molar-refractivity contribution in [1.82, 2.24) is 4.90 Å². The van der Waals surface area contributed by atoms with Gasteiger partial charge in [-0.2, -0.15) is 0 Å². The summed E-state index contributed by atoms with van der Waals surface area (Å²) in [5.41, 5.74) is 4.93. The normalized spacial score (nSPS) is 17.6. The number of hydrogen-bond acceptors (Lipinski definition) is 4. The van der Waals surface area contributed by atoms with Crippen molar-refractivity contribution in [1.29, 1.82) is 0 Å². The Kier molecular flexibility index (Phi) is 5.34. The summed E-state index contributed by atoms with van der Waals surface area (Å²) in [6.07, 6.45) is 1.46. The molecule has 6 heteroatoms. The first-order chi connectivity index (χ1) is 8.28. The number of ether oxygens (including phenoxy) is 2. The molecule has 0 saturated carbocycles. The Labute approximate surface area is 114 Å². The lowest BCUT2D eigenvalue weighted by atomic mass is 10.1. The molecular formula is C12H22N2O3S. The number of carbonyl (C=O) groups excluding carboxylic acids is 1. The van der Waals surface area contributed by atoms with Gasteiger partial charge in [-0.15, -0.1) is 0 Å². The van der Waals surface area contributed by atoms with Crippen LogP contribution in [0.4, 0.5) is 4.79 Å². The topological polar surface area (TPSA) is 64.8 Å². The molecule has 0 aromatic rings. The van der Waals surface area contributed by atoms with E-state index in [1.54, 1.807) is 4.90 Å². The van der Waals surface area contributed by atoms with Crippen molar-refractivity contribution >= 4 is 23.3 Å². The second kappa shape index (κ2) is 6.33. The van der Waals surface area contributed by atoms with Crippen LogP contribution in [0.3, 0.4) is 0 Å². The Morgan fingerprint density at radius 2 is 1.94 bits per heavy atom. The van der Waals surface area contributed by atoms with E-state index < -0.39 is 5.60 Å². The highest BCUT2D eigenvalue weighted by Gasteiger charge is 2.27. The minimum absolute atomic E-state index is 0.130. The van der Waals surface area contributed by atoms with Gasteiger partial charge in [0, 0.05) is 13.1 Å². The van der Waals surface area contributed by atoms with E-state index in [4.69, 9.17) is 27.4 Å². The molecule has 1 heterocycles. The van der Waals surface area contributed by atoms with Crippen LogP contribution in [0.15, 0.2) is 0 Å². The van der Waals surface area contributed by atoms with E-state index in [0.717, 1.165) is 12.8 Å². The zero-order chi connectivity index (χ0) is 13.8. The quantitative estimate of drug-likeness (QED) is 0.793. The number of hydrogen-bond donors (Lipinski definition) is 1. The fourth-order valence-electron chi connectivity index (χ4n) is 1.73. The fraction of sp³-hybridized carbons (Fsp3) is 0.833. The Balaban J connectivity index is 2.30. The molecule has 5 nitrogen and oxygen atoms in total. The molecule has 0 aromatic heterocycles. The second-order valence-electron chi connectivity index (χ2n) is 5.44. The van der Waals surface area contributed by atoms with Crippen LogP contribution in [0.5, 0.6) is 0 Å². The van der Waals surface area contributed by atoms with E-state index in [9.17, 15) is 4.79 Å². The molecule has 0 spiro atoms. The minimum atomic E-state index is -0.448. The van der Waals surface area contributed by atoms with Gasteiger partial charge in [-0.05, 0) is 33.6 Å². The van der Waals surface area contributed by atoms with Crippen LogP contribution >= 0.6 is 12.2 Å². The number of amides is 1. The predicted octanol–water partition coefficient (Wildman–Crippen LogP) is 1.69. The van der Waals surface area contributed by atoms with Gasteiger partial charge in [-0.25, -0.2) is 4.79 Å². The van der Waals surface area contributed by atoms with Crippen molar-refractivity contribution in [3.63, 3.8) is 0 Å². The molecule has 1 aliphatic rings. The van der Waals surface area contributed by atoms with Crippen LogP contribution in [-0.4, -0.2) is 47.4 Å². The number of likely N-dealkylation sites (tertiary alicyclic amines) is 1. The fourth-order valence-corrected chi connectivity index (χ4v) is 1.80. The van der Waals surface area contributed by atoms with E-state index >= 15 is 0 Å². The highest BCUT2D eigenvalue weighted by molar-refractivity contribution is 7.80. The molecule has 104 valence electrons. The maximum atomic E-state index is 11.8. The maximum absolute atomic E-state index is 11.8. The molecule has 1 amide bonds. The predicted molar refractivity (Wildman–Crippen MR) is 73.6 cm³/mol. The van der Waals surface area contributed by atoms with E-state index in [1.807, 2.05) is 20.8 Å². The number of thiocarbonyl (C=S) groups is 1. The average molecular weight is 274 g/mol. The molecular weight excluding hydrogens is 252 g/mol. The first-order valence-corrected chi connectivity index (χ1v) is 6.56. The largest absolute Gasteiger partial charge is 0.444 e. The number of piperidine rings is 1. The summed E-state index contributed by atoms with van der Waals surface area (Å²) in [6.45, 7) is 7.20. The lowest BCUT2D eigenvalue weighted by Gasteiger charge is -2.33. The maximum Gasteiger partial charge on any atom is 0.410 e. The number of carbonyl (C=O) groups is 1. The van der Waals surface area contributed by atoms with Gasteiger partial charge < -0.3 is 20.1 Å². The van der Waals surface area contributed by atoms with Crippen molar-refractivity contribution in [2.45, 2.75) is 45.3 Å². The third-order valence-corrected chi connectivity index (χ3v) is 2.67. The van der Waals surface area contributed by atoms with Crippen LogP contribution in [0.1, 0.15) is 33.6 Å². The second-order valence-corrected chi connectivity index (χ2v) is 5.97. The van der Waals surface area contributed by atoms with Crippen LogP contribution < -0.4 is 5.73 Å². The zero-order valence-electron chi connectivity index (χ0n) is 11.3. The van der Waals surface area contributed by atoms with E-state index in [2.05, 4.69) is 0 Å². The molecule has 0 bridgehead atoms. The van der Waals surface area contributed by atoms with Crippen molar-refractivity contribution in [2.75, 3.05) is 19.7 Å². The first kappa shape index (κ1) is 15.2. The van der Waals surface area contributed by atoms with E-state index in [0.29, 0.717) is 24.7 Å². The summed E-state index contributed by atoms with van der Waals surface area (Å²) < 4.78 is 10.8. The van der Waals surface area contributed by atoms with Crippen molar-refractivity contribution < 1.29 is 14.3 Å². The summed E-state index contributed by atoms with van der Waals surface area (Å²) in [6, 6.07) is 0. The molecule has 1 aliphatic heterocycles. The Morgan fingerprint density at radius 3 is 2.39 bits per heavy atom. The van der Waals surface area contributed by atoms with Crippen LogP contribution in [-0.2, 0) is 9.47 Å². The SMILES string of the molecule is CC(C)(C)OC(=O)N1CCC(OCC(N)=S)CC1. The summed E-state index contributed by atoms with van der Waals surface area (Å²) in [7, 11) is 0. The summed E-state index contributed by atoms with van der Waals surface area (Å²) >= 11 is 4.76. The Morgan fingerprint density at radius 1 is 1.39 bits per heavy atom. The third kappa shape index (κ3) is 5.64. The van der Waals surface area contributed by atoms with Crippen LogP contribution in [0, 0.1) is 0 Å². The van der Waals surface area contributed by atoms with Gasteiger partial charge in [0.15, 0.2) is 0 Å². The molecule has 0 aromatic carbocycles. The average Bonchev–Trinajstić information content (AvgIpc) is 2.24. The molecule has 0 atom stereocenters. The highest BCUT2D eigenvalue weighted by Crippen LogP contribution is 2.17. The standard InChI is InChI=1S/C12H22N2O3S/c1-12(2,3)17-11(15)14-6-4-9(5-7-14)16-8-10(13)18/h9H,4-8H2,1-3H3,(H2,13,18). The third-order valence-electron chi connectivity index (χ3n) is 2.55. The molecule has 1 saturated heterocycles. The van der Waals surface area contributed by atoms with Gasteiger partial charge >= 0.3 is 6.09 Å². The number of rotatable bonds is 3. The van der Waals surface area contributed by atoms with Crippen molar-refractivity contribution in [3.8, 4) is 0 Å². The van der Waals surface area contributed by atoms with Gasteiger partial charge in [-0.1, -0.05) is 12.2 Å². The minimum Gasteiger partial charge on any atom is -0.444 e. The van der Waals surface area contributed by atoms with Gasteiger partial charge in [0.05, 0.1) is 17.7 Å². The van der Waals surface area contributed by atoms with Gasteiger partial charge in [-0.3, -0.25) is 0 Å². The zero-order valence-corrected chi connectivity index (χ0v) is 12.1. The lowest BCUT2D eigenvalue weighted by molar-refractivity contribution is -0.00270. The summed E-state index contributed by atoms with van der Waals surface area (Å²) in [4.78, 5) is 13.9. The Hall–Kier alpha value is -0.880. The van der Waals surface area contributed by atoms with Gasteiger partial charge in [0.1, 0.15) is 5.60 Å². The van der Waals surface area contributed by atoms with Crippen molar-refractivity contribution in [2.24, 2.45) is 5.73 Å². The van der Waals surface area contributed by atoms with Crippen molar-refractivity contribution in [3.05, 3.63) is 0 Å². The number of nitrogens with zero attached hydrogens (tertiary/aromatic N) is 1. The monoisotopic (exact) mass is 274 g/mol. The molecule has 18 heavy (non-hydrogen) atoms. The lowest BCUT2D eigenvalue weighted by Crippen LogP contribution is -2.43. The van der Waals surface area contributed by atoms with Gasteiger partial charge in [0.25, 0.3) is 0 Å². The molecule has 0 unspecified atom stereocenters.